The molecule has 0 heterocycles. The number of carbonyl (C=O) groups is 3. The zero-order chi connectivity index (χ0) is 18.9. The van der Waals surface area contributed by atoms with Gasteiger partial charge in [0.1, 0.15) is 12.1 Å². The minimum Gasteiger partial charge on any atom is -0.480 e. The van der Waals surface area contributed by atoms with Crippen LogP contribution in [0.3, 0.4) is 0 Å². The molecule has 0 aromatic heterocycles. The smallest absolute Gasteiger partial charge is 0.326 e. The Hall–Kier alpha value is -1.28. The van der Waals surface area contributed by atoms with E-state index in [2.05, 4.69) is 10.6 Å². The van der Waals surface area contributed by atoms with Crippen LogP contribution >= 0.6 is 11.8 Å². The quantitative estimate of drug-likeness (QED) is 0.432. The predicted molar refractivity (Wildman–Crippen MR) is 96.8 cm³/mol. The predicted octanol–water partition coefficient (Wildman–Crippen LogP) is 0.823. The van der Waals surface area contributed by atoms with Gasteiger partial charge in [0.15, 0.2) is 0 Å². The Morgan fingerprint density at radius 2 is 1.58 bits per heavy atom. The van der Waals surface area contributed by atoms with Crippen molar-refractivity contribution in [1.82, 2.24) is 10.6 Å². The van der Waals surface area contributed by atoms with Gasteiger partial charge in [0, 0.05) is 0 Å². The number of carboxylic acid groups (broad SMARTS) is 1. The van der Waals surface area contributed by atoms with Gasteiger partial charge in [-0.2, -0.15) is 11.8 Å². The Labute approximate surface area is 148 Å². The molecule has 0 aromatic carbocycles. The van der Waals surface area contributed by atoms with Gasteiger partial charge >= 0.3 is 5.97 Å². The van der Waals surface area contributed by atoms with Gasteiger partial charge in [0.2, 0.25) is 11.8 Å². The van der Waals surface area contributed by atoms with Crippen LogP contribution in [0.1, 0.15) is 40.5 Å². The first-order valence-electron chi connectivity index (χ1n) is 8.18. The second-order valence-corrected chi connectivity index (χ2v) is 7.63. The highest BCUT2D eigenvalue weighted by Gasteiger charge is 2.28. The summed E-state index contributed by atoms with van der Waals surface area (Å²) in [4.78, 5) is 35.9. The van der Waals surface area contributed by atoms with Gasteiger partial charge in [-0.15, -0.1) is 0 Å². The van der Waals surface area contributed by atoms with Crippen molar-refractivity contribution in [3.63, 3.8) is 0 Å². The first kappa shape index (κ1) is 22.7. The highest BCUT2D eigenvalue weighted by Crippen LogP contribution is 2.08. The third-order valence-electron chi connectivity index (χ3n) is 3.59. The van der Waals surface area contributed by atoms with Crippen LogP contribution < -0.4 is 16.4 Å². The van der Waals surface area contributed by atoms with Crippen molar-refractivity contribution < 1.29 is 19.5 Å². The lowest BCUT2D eigenvalue weighted by atomic mass is 10.0. The number of nitrogens with one attached hydrogen (secondary N) is 2. The Bertz CT molecular complexity index is 430. The number of rotatable bonds is 11. The fourth-order valence-electron chi connectivity index (χ4n) is 2.04. The lowest BCUT2D eigenvalue weighted by Crippen LogP contribution is -2.55. The summed E-state index contributed by atoms with van der Waals surface area (Å²) in [5.74, 6) is -1.23. The lowest BCUT2D eigenvalue weighted by Gasteiger charge is -2.24. The van der Waals surface area contributed by atoms with Crippen LogP contribution in [-0.4, -0.2) is 53.0 Å². The summed E-state index contributed by atoms with van der Waals surface area (Å²) >= 11 is 1.55. The topological polar surface area (TPSA) is 122 Å². The third-order valence-corrected chi connectivity index (χ3v) is 4.23. The molecule has 0 bridgehead atoms. The normalized spacial score (nSPS) is 15.0. The van der Waals surface area contributed by atoms with Gasteiger partial charge < -0.3 is 21.5 Å². The summed E-state index contributed by atoms with van der Waals surface area (Å²) in [6.45, 7) is 7.42. The molecule has 8 heteroatoms. The van der Waals surface area contributed by atoms with E-state index in [1.54, 1.807) is 11.8 Å². The standard InChI is InChI=1S/C16H31N3O4S/c1-9(2)8-12(16(22)23)19-14(20)11(6-7-24-5)18-15(21)13(17)10(3)4/h9-13H,6-8,17H2,1-5H3,(H,18,21)(H,19,20)(H,22,23). The van der Waals surface area contributed by atoms with E-state index in [-0.39, 0.29) is 11.8 Å². The van der Waals surface area contributed by atoms with Crippen molar-refractivity contribution in [2.45, 2.75) is 58.7 Å². The molecule has 0 aromatic rings. The van der Waals surface area contributed by atoms with Gasteiger partial charge in [-0.3, -0.25) is 9.59 Å². The van der Waals surface area contributed by atoms with Crippen molar-refractivity contribution in [3.05, 3.63) is 0 Å². The fourth-order valence-corrected chi connectivity index (χ4v) is 2.51. The summed E-state index contributed by atoms with van der Waals surface area (Å²) in [5.41, 5.74) is 5.81. The number of carbonyl (C=O) groups excluding carboxylic acids is 2. The van der Waals surface area contributed by atoms with Crippen LogP contribution in [0.25, 0.3) is 0 Å². The Balaban J connectivity index is 4.97. The van der Waals surface area contributed by atoms with E-state index in [0.717, 1.165) is 0 Å². The van der Waals surface area contributed by atoms with Crippen LogP contribution in [0.5, 0.6) is 0 Å². The maximum Gasteiger partial charge on any atom is 0.326 e. The number of hydrogen-bond acceptors (Lipinski definition) is 5. The molecule has 0 radical (unpaired) electrons. The Morgan fingerprint density at radius 3 is 2.00 bits per heavy atom. The van der Waals surface area contributed by atoms with Crippen molar-refractivity contribution >= 4 is 29.5 Å². The molecule has 3 atom stereocenters. The maximum atomic E-state index is 12.4. The zero-order valence-corrected chi connectivity index (χ0v) is 16.0. The van der Waals surface area contributed by atoms with Crippen molar-refractivity contribution in [2.75, 3.05) is 12.0 Å². The van der Waals surface area contributed by atoms with Gasteiger partial charge in [-0.1, -0.05) is 27.7 Å². The number of thioether (sulfide) groups is 1. The largest absolute Gasteiger partial charge is 0.480 e. The zero-order valence-electron chi connectivity index (χ0n) is 15.2. The van der Waals surface area contributed by atoms with Crippen LogP contribution in [-0.2, 0) is 14.4 Å². The first-order chi connectivity index (χ1) is 11.1. The molecule has 140 valence electrons. The number of amides is 2. The minimum absolute atomic E-state index is 0.0537. The van der Waals surface area contributed by atoms with E-state index in [9.17, 15) is 19.5 Å². The van der Waals surface area contributed by atoms with E-state index in [1.807, 2.05) is 34.0 Å². The highest BCUT2D eigenvalue weighted by molar-refractivity contribution is 7.98. The molecule has 0 fully saturated rings. The summed E-state index contributed by atoms with van der Waals surface area (Å²) in [5, 5.41) is 14.4. The van der Waals surface area contributed by atoms with E-state index in [1.165, 1.54) is 0 Å². The van der Waals surface area contributed by atoms with E-state index in [0.29, 0.717) is 18.6 Å². The summed E-state index contributed by atoms with van der Waals surface area (Å²) in [7, 11) is 0. The van der Waals surface area contributed by atoms with E-state index >= 15 is 0 Å². The number of aliphatic carboxylic acids is 1. The molecular formula is C16H31N3O4S. The molecule has 0 spiro atoms. The second kappa shape index (κ2) is 11.3. The van der Waals surface area contributed by atoms with Crippen molar-refractivity contribution in [3.8, 4) is 0 Å². The third kappa shape index (κ3) is 8.54. The maximum absolute atomic E-state index is 12.4. The van der Waals surface area contributed by atoms with Crippen LogP contribution in [0.4, 0.5) is 0 Å². The lowest BCUT2D eigenvalue weighted by molar-refractivity contribution is -0.142. The molecule has 2 amide bonds. The Kier molecular flexibility index (Phi) is 10.7. The molecule has 5 N–H and O–H groups in total. The van der Waals surface area contributed by atoms with Gasteiger partial charge in [0.25, 0.3) is 0 Å². The average molecular weight is 362 g/mol. The van der Waals surface area contributed by atoms with Crippen LogP contribution in [0.2, 0.25) is 0 Å². The number of hydrogen-bond donors (Lipinski definition) is 4. The molecule has 0 aliphatic carbocycles. The molecule has 7 nitrogen and oxygen atoms in total. The molecule has 0 rings (SSSR count). The van der Waals surface area contributed by atoms with Gasteiger partial charge in [-0.05, 0) is 36.7 Å². The fraction of sp³-hybridized carbons (Fsp3) is 0.812. The van der Waals surface area contributed by atoms with Crippen molar-refractivity contribution in [2.24, 2.45) is 17.6 Å². The summed E-state index contributed by atoms with van der Waals surface area (Å²) < 4.78 is 0. The summed E-state index contributed by atoms with van der Waals surface area (Å²) in [6, 6.07) is -2.46. The number of carboxylic acids is 1. The molecule has 3 unspecified atom stereocenters. The molecule has 0 saturated heterocycles. The SMILES string of the molecule is CSCCC(NC(=O)C(N)C(C)C)C(=O)NC(CC(C)C)C(=O)O. The minimum atomic E-state index is -1.08. The first-order valence-corrected chi connectivity index (χ1v) is 9.57. The molecule has 0 aliphatic heterocycles. The van der Waals surface area contributed by atoms with Crippen LogP contribution in [0.15, 0.2) is 0 Å². The highest BCUT2D eigenvalue weighted by atomic mass is 32.2. The van der Waals surface area contributed by atoms with Crippen LogP contribution in [0, 0.1) is 11.8 Å². The number of nitrogens with two attached hydrogens (primary N) is 1. The molecule has 24 heavy (non-hydrogen) atoms. The summed E-state index contributed by atoms with van der Waals surface area (Å²) in [6.07, 6.45) is 2.64. The Morgan fingerprint density at radius 1 is 1.04 bits per heavy atom. The monoisotopic (exact) mass is 361 g/mol. The average Bonchev–Trinajstić information content (AvgIpc) is 2.48. The van der Waals surface area contributed by atoms with Crippen molar-refractivity contribution in [1.29, 1.82) is 0 Å². The van der Waals surface area contributed by atoms with E-state index < -0.39 is 35.9 Å². The van der Waals surface area contributed by atoms with Gasteiger partial charge in [-0.25, -0.2) is 4.79 Å². The second-order valence-electron chi connectivity index (χ2n) is 6.64. The molecular weight excluding hydrogens is 330 g/mol. The molecule has 0 saturated carbocycles. The molecule has 0 aliphatic rings. The van der Waals surface area contributed by atoms with Gasteiger partial charge in [0.05, 0.1) is 6.04 Å². The van der Waals surface area contributed by atoms with E-state index in [4.69, 9.17) is 5.73 Å².